The minimum atomic E-state index is -0.360. The molecule has 1 amide bonds. The van der Waals surface area contributed by atoms with Crippen molar-refractivity contribution in [2.75, 3.05) is 26.6 Å². The van der Waals surface area contributed by atoms with Gasteiger partial charge in [0.05, 0.1) is 27.5 Å². The third-order valence-corrected chi connectivity index (χ3v) is 4.05. The number of aryl methyl sites for hydroxylation is 1. The van der Waals surface area contributed by atoms with E-state index < -0.39 is 0 Å². The lowest BCUT2D eigenvalue weighted by molar-refractivity contribution is 0.102. The lowest BCUT2D eigenvalue weighted by Gasteiger charge is -2.14. The fourth-order valence-electron chi connectivity index (χ4n) is 2.67. The van der Waals surface area contributed by atoms with Crippen molar-refractivity contribution in [3.05, 3.63) is 53.7 Å². The van der Waals surface area contributed by atoms with Crippen LogP contribution in [-0.2, 0) is 0 Å². The first-order valence-corrected chi connectivity index (χ1v) is 8.20. The van der Waals surface area contributed by atoms with Gasteiger partial charge in [-0.25, -0.2) is 0 Å². The minimum absolute atomic E-state index is 0.326. The predicted octanol–water partition coefficient (Wildman–Crippen LogP) is 3.93. The van der Waals surface area contributed by atoms with Crippen LogP contribution in [0.2, 0.25) is 0 Å². The lowest BCUT2D eigenvalue weighted by Crippen LogP contribution is -2.12. The van der Waals surface area contributed by atoms with Gasteiger partial charge in [-0.05, 0) is 6.92 Å². The summed E-state index contributed by atoms with van der Waals surface area (Å²) < 4.78 is 21.2. The molecule has 0 atom stereocenters. The highest BCUT2D eigenvalue weighted by Crippen LogP contribution is 2.40. The van der Waals surface area contributed by atoms with Crippen molar-refractivity contribution in [3.8, 4) is 28.6 Å². The number of nitrogens with one attached hydrogen (secondary N) is 1. The van der Waals surface area contributed by atoms with Gasteiger partial charge in [0, 0.05) is 23.4 Å². The Morgan fingerprint density at radius 2 is 1.63 bits per heavy atom. The zero-order valence-corrected chi connectivity index (χ0v) is 15.5. The number of ether oxygens (including phenoxy) is 3. The number of rotatable bonds is 6. The topological polar surface area (TPSA) is 82.8 Å². The van der Waals surface area contributed by atoms with Crippen molar-refractivity contribution in [2.45, 2.75) is 6.92 Å². The van der Waals surface area contributed by atoms with E-state index in [4.69, 9.17) is 18.7 Å². The number of anilines is 1. The van der Waals surface area contributed by atoms with Crippen LogP contribution in [0.1, 0.15) is 15.9 Å². The molecule has 7 nitrogen and oxygen atoms in total. The van der Waals surface area contributed by atoms with Crippen molar-refractivity contribution in [1.82, 2.24) is 5.16 Å². The van der Waals surface area contributed by atoms with Crippen LogP contribution in [0.15, 0.2) is 47.1 Å². The van der Waals surface area contributed by atoms with E-state index in [1.165, 1.54) is 27.5 Å². The molecule has 7 heteroatoms. The van der Waals surface area contributed by atoms with Gasteiger partial charge in [-0.2, -0.15) is 0 Å². The quantitative estimate of drug-likeness (QED) is 0.710. The van der Waals surface area contributed by atoms with Crippen LogP contribution in [0.25, 0.3) is 11.3 Å². The van der Waals surface area contributed by atoms with Gasteiger partial charge >= 0.3 is 0 Å². The lowest BCUT2D eigenvalue weighted by atomic mass is 10.1. The van der Waals surface area contributed by atoms with E-state index in [-0.39, 0.29) is 5.91 Å². The van der Waals surface area contributed by atoms with Crippen molar-refractivity contribution in [1.29, 1.82) is 0 Å². The van der Waals surface area contributed by atoms with Gasteiger partial charge in [0.1, 0.15) is 5.56 Å². The van der Waals surface area contributed by atoms with Crippen LogP contribution < -0.4 is 19.5 Å². The van der Waals surface area contributed by atoms with Crippen LogP contribution in [0.3, 0.4) is 0 Å². The fourth-order valence-corrected chi connectivity index (χ4v) is 2.67. The van der Waals surface area contributed by atoms with Gasteiger partial charge < -0.3 is 24.1 Å². The number of carbonyl (C=O) groups excluding carboxylic acids is 1. The fraction of sp³-hybridized carbons (Fsp3) is 0.200. The second-order valence-electron chi connectivity index (χ2n) is 5.80. The first-order valence-electron chi connectivity index (χ1n) is 8.20. The minimum Gasteiger partial charge on any atom is -0.493 e. The summed E-state index contributed by atoms with van der Waals surface area (Å²) in [5.74, 6) is 1.37. The molecule has 0 radical (unpaired) electrons. The Bertz CT molecular complexity index is 922. The molecule has 2 aromatic carbocycles. The molecule has 0 saturated carbocycles. The summed E-state index contributed by atoms with van der Waals surface area (Å²) >= 11 is 0. The Kier molecular flexibility index (Phi) is 5.30. The average molecular weight is 368 g/mol. The van der Waals surface area contributed by atoms with E-state index in [0.29, 0.717) is 34.3 Å². The SMILES string of the molecule is COc1cc(NC(=O)c2cnoc2-c2ccc(C)cc2)cc(OC)c1OC. The Morgan fingerprint density at radius 3 is 2.19 bits per heavy atom. The van der Waals surface area contributed by atoms with Gasteiger partial charge in [0.2, 0.25) is 5.75 Å². The van der Waals surface area contributed by atoms with Crippen LogP contribution in [0, 0.1) is 6.92 Å². The highest BCUT2D eigenvalue weighted by molar-refractivity contribution is 6.07. The van der Waals surface area contributed by atoms with E-state index in [1.807, 2.05) is 31.2 Å². The van der Waals surface area contributed by atoms with Gasteiger partial charge in [-0.15, -0.1) is 0 Å². The van der Waals surface area contributed by atoms with E-state index in [1.54, 1.807) is 12.1 Å². The van der Waals surface area contributed by atoms with Crippen LogP contribution >= 0.6 is 0 Å². The molecule has 27 heavy (non-hydrogen) atoms. The van der Waals surface area contributed by atoms with Crippen molar-refractivity contribution < 1.29 is 23.5 Å². The van der Waals surface area contributed by atoms with E-state index >= 15 is 0 Å². The van der Waals surface area contributed by atoms with Gasteiger partial charge in [-0.3, -0.25) is 4.79 Å². The van der Waals surface area contributed by atoms with Crippen LogP contribution in [-0.4, -0.2) is 32.4 Å². The zero-order chi connectivity index (χ0) is 19.4. The van der Waals surface area contributed by atoms with E-state index in [0.717, 1.165) is 11.1 Å². The van der Waals surface area contributed by atoms with Gasteiger partial charge in [0.25, 0.3) is 5.91 Å². The molecule has 0 spiro atoms. The Morgan fingerprint density at radius 1 is 1.00 bits per heavy atom. The molecule has 140 valence electrons. The Balaban J connectivity index is 1.91. The summed E-state index contributed by atoms with van der Waals surface area (Å²) in [4.78, 5) is 12.8. The molecule has 3 aromatic rings. The summed E-state index contributed by atoms with van der Waals surface area (Å²) in [7, 11) is 4.54. The van der Waals surface area contributed by atoms with Crippen molar-refractivity contribution in [2.24, 2.45) is 0 Å². The summed E-state index contributed by atoms with van der Waals surface area (Å²) in [6.07, 6.45) is 1.39. The van der Waals surface area contributed by atoms with E-state index in [2.05, 4.69) is 10.5 Å². The molecule has 1 aromatic heterocycles. The number of nitrogens with zero attached hydrogens (tertiary/aromatic N) is 1. The number of amides is 1. The Labute approximate surface area is 156 Å². The standard InChI is InChI=1S/C20H20N2O5/c1-12-5-7-13(8-6-12)18-15(11-21-27-18)20(23)22-14-9-16(24-2)19(26-4)17(10-14)25-3/h5-11H,1-4H3,(H,22,23). The van der Waals surface area contributed by atoms with Crippen LogP contribution in [0.5, 0.6) is 17.2 Å². The number of hydrogen-bond acceptors (Lipinski definition) is 6. The van der Waals surface area contributed by atoms with Crippen molar-refractivity contribution in [3.63, 3.8) is 0 Å². The molecule has 1 heterocycles. The number of aromatic nitrogens is 1. The average Bonchev–Trinajstić information content (AvgIpc) is 3.17. The largest absolute Gasteiger partial charge is 0.493 e. The maximum absolute atomic E-state index is 12.8. The summed E-state index contributed by atoms with van der Waals surface area (Å²) in [6.45, 7) is 1.99. The molecule has 0 unspecified atom stereocenters. The molecule has 1 N–H and O–H groups in total. The molecule has 0 fully saturated rings. The molecule has 0 saturated heterocycles. The molecular formula is C20H20N2O5. The molecule has 3 rings (SSSR count). The highest BCUT2D eigenvalue weighted by atomic mass is 16.5. The van der Waals surface area contributed by atoms with Gasteiger partial charge in [-0.1, -0.05) is 35.0 Å². The molecule has 0 aliphatic heterocycles. The normalized spacial score (nSPS) is 10.4. The van der Waals surface area contributed by atoms with Gasteiger partial charge in [0.15, 0.2) is 17.3 Å². The first-order chi connectivity index (χ1) is 13.1. The monoisotopic (exact) mass is 368 g/mol. The van der Waals surface area contributed by atoms with Crippen molar-refractivity contribution >= 4 is 11.6 Å². The predicted molar refractivity (Wildman–Crippen MR) is 101 cm³/mol. The molecular weight excluding hydrogens is 348 g/mol. The summed E-state index contributed by atoms with van der Waals surface area (Å²) in [5, 5.41) is 6.59. The number of methoxy groups -OCH3 is 3. The highest BCUT2D eigenvalue weighted by Gasteiger charge is 2.20. The second-order valence-corrected chi connectivity index (χ2v) is 5.80. The Hall–Kier alpha value is -3.48. The third kappa shape index (κ3) is 3.72. The number of hydrogen-bond donors (Lipinski definition) is 1. The number of carbonyl (C=O) groups is 1. The van der Waals surface area contributed by atoms with Crippen LogP contribution in [0.4, 0.5) is 5.69 Å². The first kappa shape index (κ1) is 18.3. The maximum atomic E-state index is 12.8. The molecule has 0 aliphatic carbocycles. The smallest absolute Gasteiger partial charge is 0.261 e. The van der Waals surface area contributed by atoms with E-state index in [9.17, 15) is 4.79 Å². The molecule has 0 aliphatic rings. The summed E-state index contributed by atoms with van der Waals surface area (Å²) in [5.41, 5.74) is 2.70. The molecule has 0 bridgehead atoms. The summed E-state index contributed by atoms with van der Waals surface area (Å²) in [6, 6.07) is 11.0. The third-order valence-electron chi connectivity index (χ3n) is 4.05. The maximum Gasteiger partial charge on any atom is 0.261 e. The number of benzene rings is 2. The second kappa shape index (κ2) is 7.82. The zero-order valence-electron chi connectivity index (χ0n) is 15.5.